The van der Waals surface area contributed by atoms with Crippen molar-refractivity contribution in [2.24, 2.45) is 0 Å². The van der Waals surface area contributed by atoms with E-state index in [1.54, 1.807) is 42.5 Å². The summed E-state index contributed by atoms with van der Waals surface area (Å²) in [6.07, 6.45) is 2.93. The van der Waals surface area contributed by atoms with Crippen molar-refractivity contribution < 1.29 is 13.2 Å². The van der Waals surface area contributed by atoms with Gasteiger partial charge in [0, 0.05) is 11.6 Å². The van der Waals surface area contributed by atoms with Crippen molar-refractivity contribution in [2.75, 3.05) is 17.4 Å². The van der Waals surface area contributed by atoms with E-state index < -0.39 is 10.0 Å². The molecule has 5 nitrogen and oxygen atoms in total. The maximum atomic E-state index is 13.2. The maximum absolute atomic E-state index is 13.2. The molecule has 27 heavy (non-hydrogen) atoms. The predicted octanol–water partition coefficient (Wildman–Crippen LogP) is 4.15. The molecule has 0 aliphatic carbocycles. The molecule has 0 unspecified atom stereocenters. The number of unbranched alkanes of at least 4 members (excludes halogenated alkanes) is 2. The Kier molecular flexibility index (Phi) is 7.68. The standard InChI is InChI=1S/C20H25ClN2O3S/c1-3-4-5-13-22-20(24)15-23(18-8-6-7-17(21)14-18)27(25,26)19-11-9-16(2)10-12-19/h6-12,14H,3-5,13,15H2,1-2H3,(H,22,24). The van der Waals surface area contributed by atoms with Gasteiger partial charge in [0.1, 0.15) is 6.54 Å². The van der Waals surface area contributed by atoms with Crippen LogP contribution in [0.15, 0.2) is 53.4 Å². The van der Waals surface area contributed by atoms with E-state index >= 15 is 0 Å². The molecular formula is C20H25ClN2O3S. The number of hydrogen-bond donors (Lipinski definition) is 1. The molecule has 7 heteroatoms. The molecule has 0 aliphatic rings. The Morgan fingerprint density at radius 3 is 2.44 bits per heavy atom. The molecule has 1 N–H and O–H groups in total. The maximum Gasteiger partial charge on any atom is 0.264 e. The molecule has 0 aromatic heterocycles. The summed E-state index contributed by atoms with van der Waals surface area (Å²) < 4.78 is 27.4. The third-order valence-electron chi connectivity index (χ3n) is 4.09. The zero-order valence-electron chi connectivity index (χ0n) is 15.6. The van der Waals surface area contributed by atoms with Gasteiger partial charge in [0.2, 0.25) is 5.91 Å². The summed E-state index contributed by atoms with van der Waals surface area (Å²) in [7, 11) is -3.90. The van der Waals surface area contributed by atoms with E-state index in [9.17, 15) is 13.2 Å². The second-order valence-corrected chi connectivity index (χ2v) is 8.66. The molecule has 0 atom stereocenters. The number of nitrogens with one attached hydrogen (secondary N) is 1. The fraction of sp³-hybridized carbons (Fsp3) is 0.350. The molecule has 1 amide bonds. The molecule has 0 radical (unpaired) electrons. The third-order valence-corrected chi connectivity index (χ3v) is 6.12. The van der Waals surface area contributed by atoms with Gasteiger partial charge in [-0.15, -0.1) is 0 Å². The molecule has 0 spiro atoms. The Hall–Kier alpha value is -2.05. The Balaban J connectivity index is 2.29. The van der Waals surface area contributed by atoms with Crippen LogP contribution in [0.1, 0.15) is 31.7 Å². The number of nitrogens with zero attached hydrogens (tertiary/aromatic N) is 1. The van der Waals surface area contributed by atoms with Gasteiger partial charge in [-0.2, -0.15) is 0 Å². The smallest absolute Gasteiger partial charge is 0.264 e. The van der Waals surface area contributed by atoms with Crippen molar-refractivity contribution in [1.82, 2.24) is 5.32 Å². The highest BCUT2D eigenvalue weighted by molar-refractivity contribution is 7.92. The Morgan fingerprint density at radius 1 is 1.11 bits per heavy atom. The van der Waals surface area contributed by atoms with Gasteiger partial charge in [-0.1, -0.05) is 55.1 Å². The Morgan fingerprint density at radius 2 is 1.81 bits per heavy atom. The van der Waals surface area contributed by atoms with E-state index in [1.807, 2.05) is 6.92 Å². The van der Waals surface area contributed by atoms with E-state index in [-0.39, 0.29) is 17.3 Å². The molecule has 0 aliphatic heterocycles. The van der Waals surface area contributed by atoms with Crippen molar-refractivity contribution in [3.8, 4) is 0 Å². The Bertz CT molecular complexity index is 867. The lowest BCUT2D eigenvalue weighted by atomic mass is 10.2. The SMILES string of the molecule is CCCCCNC(=O)CN(c1cccc(Cl)c1)S(=O)(=O)c1ccc(C)cc1. The number of halogens is 1. The molecule has 0 fully saturated rings. The first-order valence-electron chi connectivity index (χ1n) is 8.96. The van der Waals surface area contributed by atoms with Crippen LogP contribution in [0.2, 0.25) is 5.02 Å². The highest BCUT2D eigenvalue weighted by Gasteiger charge is 2.27. The van der Waals surface area contributed by atoms with Crippen LogP contribution in [0.4, 0.5) is 5.69 Å². The van der Waals surface area contributed by atoms with Crippen LogP contribution in [0.5, 0.6) is 0 Å². The number of sulfonamides is 1. The van der Waals surface area contributed by atoms with Gasteiger partial charge in [0.25, 0.3) is 10.0 Å². The van der Waals surface area contributed by atoms with Crippen molar-refractivity contribution in [3.05, 3.63) is 59.1 Å². The van der Waals surface area contributed by atoms with E-state index in [0.717, 1.165) is 29.1 Å². The average Bonchev–Trinajstić information content (AvgIpc) is 2.63. The Labute approximate surface area is 166 Å². The molecule has 146 valence electrons. The third kappa shape index (κ3) is 5.97. The highest BCUT2D eigenvalue weighted by Crippen LogP contribution is 2.26. The molecule has 0 heterocycles. The van der Waals surface area contributed by atoms with Gasteiger partial charge in [-0.3, -0.25) is 9.10 Å². The van der Waals surface area contributed by atoms with Crippen molar-refractivity contribution >= 4 is 33.2 Å². The van der Waals surface area contributed by atoms with E-state index in [0.29, 0.717) is 17.3 Å². The second-order valence-electron chi connectivity index (χ2n) is 6.36. The van der Waals surface area contributed by atoms with Gasteiger partial charge < -0.3 is 5.32 Å². The number of amides is 1. The molecule has 2 aromatic rings. The predicted molar refractivity (Wildman–Crippen MR) is 110 cm³/mol. The number of rotatable bonds is 9. The minimum Gasteiger partial charge on any atom is -0.355 e. The van der Waals surface area contributed by atoms with Gasteiger partial charge in [-0.05, 0) is 43.7 Å². The first-order valence-corrected chi connectivity index (χ1v) is 10.8. The number of aryl methyl sites for hydroxylation is 1. The summed E-state index contributed by atoms with van der Waals surface area (Å²) in [5.41, 5.74) is 1.31. The van der Waals surface area contributed by atoms with Gasteiger partial charge >= 0.3 is 0 Å². The summed E-state index contributed by atoms with van der Waals surface area (Å²) in [4.78, 5) is 12.5. The number of benzene rings is 2. The molecule has 2 rings (SSSR count). The summed E-state index contributed by atoms with van der Waals surface area (Å²) >= 11 is 6.04. The van der Waals surface area contributed by atoms with E-state index in [2.05, 4.69) is 12.2 Å². The van der Waals surface area contributed by atoms with Crippen molar-refractivity contribution in [1.29, 1.82) is 0 Å². The largest absolute Gasteiger partial charge is 0.355 e. The van der Waals surface area contributed by atoms with Gasteiger partial charge in [0.15, 0.2) is 0 Å². The first kappa shape index (κ1) is 21.3. The first-order chi connectivity index (χ1) is 12.8. The molecule has 0 bridgehead atoms. The topological polar surface area (TPSA) is 66.5 Å². The minimum atomic E-state index is -3.90. The molecule has 2 aromatic carbocycles. The molecular weight excluding hydrogens is 384 g/mol. The van der Waals surface area contributed by atoms with Gasteiger partial charge in [0.05, 0.1) is 10.6 Å². The number of carbonyl (C=O) groups is 1. The van der Waals surface area contributed by atoms with Gasteiger partial charge in [-0.25, -0.2) is 8.42 Å². The summed E-state index contributed by atoms with van der Waals surface area (Å²) in [5.74, 6) is -0.346. The lowest BCUT2D eigenvalue weighted by Crippen LogP contribution is -2.41. The summed E-state index contributed by atoms with van der Waals surface area (Å²) in [6, 6.07) is 13.0. The highest BCUT2D eigenvalue weighted by atomic mass is 35.5. The zero-order valence-corrected chi connectivity index (χ0v) is 17.2. The number of anilines is 1. The van der Waals surface area contributed by atoms with Crippen LogP contribution in [0, 0.1) is 6.92 Å². The number of carbonyl (C=O) groups excluding carboxylic acids is 1. The van der Waals surface area contributed by atoms with Crippen LogP contribution < -0.4 is 9.62 Å². The fourth-order valence-corrected chi connectivity index (χ4v) is 4.17. The summed E-state index contributed by atoms with van der Waals surface area (Å²) in [6.45, 7) is 4.19. The normalized spacial score (nSPS) is 11.2. The van der Waals surface area contributed by atoms with Crippen molar-refractivity contribution in [2.45, 2.75) is 38.0 Å². The van der Waals surface area contributed by atoms with E-state index in [1.165, 1.54) is 6.07 Å². The summed E-state index contributed by atoms with van der Waals surface area (Å²) in [5, 5.41) is 3.19. The van der Waals surface area contributed by atoms with Crippen LogP contribution in [-0.2, 0) is 14.8 Å². The monoisotopic (exact) mass is 408 g/mol. The second kappa shape index (κ2) is 9.76. The average molecular weight is 409 g/mol. The minimum absolute atomic E-state index is 0.131. The molecule has 0 saturated carbocycles. The van der Waals surface area contributed by atoms with Crippen LogP contribution in [0.3, 0.4) is 0 Å². The van der Waals surface area contributed by atoms with Crippen LogP contribution in [-0.4, -0.2) is 27.4 Å². The number of hydrogen-bond acceptors (Lipinski definition) is 3. The van der Waals surface area contributed by atoms with Crippen LogP contribution >= 0.6 is 11.6 Å². The zero-order chi connectivity index (χ0) is 19.9. The van der Waals surface area contributed by atoms with Crippen LogP contribution in [0.25, 0.3) is 0 Å². The lowest BCUT2D eigenvalue weighted by Gasteiger charge is -2.24. The van der Waals surface area contributed by atoms with E-state index in [4.69, 9.17) is 11.6 Å². The molecule has 0 saturated heterocycles. The quantitative estimate of drug-likeness (QED) is 0.634. The van der Waals surface area contributed by atoms with Crippen molar-refractivity contribution in [3.63, 3.8) is 0 Å². The fourth-order valence-electron chi connectivity index (χ4n) is 2.57. The lowest BCUT2D eigenvalue weighted by molar-refractivity contribution is -0.119.